The van der Waals surface area contributed by atoms with Gasteiger partial charge in [-0.2, -0.15) is 5.10 Å². The predicted octanol–water partition coefficient (Wildman–Crippen LogP) is 4.37. The van der Waals surface area contributed by atoms with Gasteiger partial charge in [-0.3, -0.25) is 4.79 Å². The average Bonchev–Trinajstić information content (AvgIpc) is 3.36. The zero-order chi connectivity index (χ0) is 20.5. The van der Waals surface area contributed by atoms with E-state index in [9.17, 15) is 18.0 Å². The Balaban J connectivity index is 1.54. The standard InChI is InChI=1S/C19H12F3N5OS/c1-10-13(9-27(26-10)19-23-6-7-29-19)11-2-5-15(24-8-11)25-18(28)12-3-4-14(20)17(22)16(12)21/h2-9H,1H3,(H,24,25,28). The second-order valence-corrected chi connectivity index (χ2v) is 6.87. The number of hydrogen-bond acceptors (Lipinski definition) is 5. The van der Waals surface area contributed by atoms with Crippen molar-refractivity contribution in [3.05, 3.63) is 76.9 Å². The van der Waals surface area contributed by atoms with Gasteiger partial charge in [0, 0.05) is 35.1 Å². The quantitative estimate of drug-likeness (QED) is 0.503. The van der Waals surface area contributed by atoms with E-state index in [0.29, 0.717) is 6.07 Å². The molecule has 4 rings (SSSR count). The summed E-state index contributed by atoms with van der Waals surface area (Å²) >= 11 is 1.45. The summed E-state index contributed by atoms with van der Waals surface area (Å²) in [6, 6.07) is 4.78. The topological polar surface area (TPSA) is 72.7 Å². The molecule has 0 saturated carbocycles. The third kappa shape index (κ3) is 3.61. The van der Waals surface area contributed by atoms with Crippen LogP contribution in [0, 0.1) is 24.4 Å². The molecule has 0 aliphatic heterocycles. The highest BCUT2D eigenvalue weighted by atomic mass is 32.1. The summed E-state index contributed by atoms with van der Waals surface area (Å²) in [6.45, 7) is 1.85. The fraction of sp³-hybridized carbons (Fsp3) is 0.0526. The molecule has 0 saturated heterocycles. The molecular formula is C19H12F3N5OS. The van der Waals surface area contributed by atoms with Crippen molar-refractivity contribution < 1.29 is 18.0 Å². The third-order valence-corrected chi connectivity index (χ3v) is 4.87. The highest BCUT2D eigenvalue weighted by Crippen LogP contribution is 2.25. The molecule has 0 atom stereocenters. The normalized spacial score (nSPS) is 10.9. The lowest BCUT2D eigenvalue weighted by Crippen LogP contribution is -2.16. The monoisotopic (exact) mass is 415 g/mol. The molecule has 0 aliphatic rings. The maximum absolute atomic E-state index is 13.8. The number of aromatic nitrogens is 4. The Morgan fingerprint density at radius 2 is 1.93 bits per heavy atom. The molecule has 0 spiro atoms. The van der Waals surface area contributed by atoms with Gasteiger partial charge in [0.05, 0.1) is 11.3 Å². The number of thiazole rings is 1. The molecule has 29 heavy (non-hydrogen) atoms. The fourth-order valence-corrected chi connectivity index (χ4v) is 3.25. The fourth-order valence-electron chi connectivity index (χ4n) is 2.68. The number of hydrogen-bond donors (Lipinski definition) is 1. The Morgan fingerprint density at radius 3 is 2.62 bits per heavy atom. The molecule has 0 radical (unpaired) electrons. The Bertz CT molecular complexity index is 1190. The number of rotatable bonds is 4. The molecule has 6 nitrogen and oxygen atoms in total. The summed E-state index contributed by atoms with van der Waals surface area (Å²) in [4.78, 5) is 20.5. The molecule has 0 aliphatic carbocycles. The van der Waals surface area contributed by atoms with E-state index in [0.717, 1.165) is 28.0 Å². The molecule has 1 N–H and O–H groups in total. The highest BCUT2D eigenvalue weighted by molar-refractivity contribution is 7.12. The van der Waals surface area contributed by atoms with Crippen LogP contribution < -0.4 is 5.32 Å². The molecular weight excluding hydrogens is 403 g/mol. The maximum Gasteiger partial charge on any atom is 0.259 e. The van der Waals surface area contributed by atoms with Crippen molar-refractivity contribution in [2.75, 3.05) is 5.32 Å². The van der Waals surface area contributed by atoms with Crippen LogP contribution in [0.2, 0.25) is 0 Å². The number of nitrogens with one attached hydrogen (secondary N) is 1. The van der Waals surface area contributed by atoms with Gasteiger partial charge in [0.2, 0.25) is 5.13 Å². The largest absolute Gasteiger partial charge is 0.306 e. The number of aryl methyl sites for hydroxylation is 1. The first-order valence-electron chi connectivity index (χ1n) is 8.31. The van der Waals surface area contributed by atoms with Crippen molar-refractivity contribution >= 4 is 23.1 Å². The Hall–Kier alpha value is -3.53. The first-order valence-corrected chi connectivity index (χ1v) is 9.19. The number of benzene rings is 1. The summed E-state index contributed by atoms with van der Waals surface area (Å²) in [7, 11) is 0. The maximum atomic E-state index is 13.8. The first-order chi connectivity index (χ1) is 13.9. The van der Waals surface area contributed by atoms with Crippen molar-refractivity contribution in [2.24, 2.45) is 0 Å². The lowest BCUT2D eigenvalue weighted by Gasteiger charge is -2.07. The number of carbonyl (C=O) groups is 1. The van der Waals surface area contributed by atoms with E-state index >= 15 is 0 Å². The Morgan fingerprint density at radius 1 is 1.10 bits per heavy atom. The molecule has 3 heterocycles. The van der Waals surface area contributed by atoms with E-state index in [-0.39, 0.29) is 5.82 Å². The Labute approximate surface area is 166 Å². The van der Waals surface area contributed by atoms with Crippen molar-refractivity contribution in [2.45, 2.75) is 6.92 Å². The molecule has 10 heteroatoms. The van der Waals surface area contributed by atoms with Gasteiger partial charge in [-0.05, 0) is 31.2 Å². The van der Waals surface area contributed by atoms with Gasteiger partial charge in [0.25, 0.3) is 5.91 Å². The van der Waals surface area contributed by atoms with Gasteiger partial charge in [0.15, 0.2) is 17.5 Å². The predicted molar refractivity (Wildman–Crippen MR) is 101 cm³/mol. The van der Waals surface area contributed by atoms with Crippen LogP contribution in [-0.2, 0) is 0 Å². The highest BCUT2D eigenvalue weighted by Gasteiger charge is 2.19. The van der Waals surface area contributed by atoms with Crippen LogP contribution >= 0.6 is 11.3 Å². The van der Waals surface area contributed by atoms with Gasteiger partial charge >= 0.3 is 0 Å². The van der Waals surface area contributed by atoms with Gasteiger partial charge < -0.3 is 5.32 Å². The number of pyridine rings is 1. The third-order valence-electron chi connectivity index (χ3n) is 4.11. The summed E-state index contributed by atoms with van der Waals surface area (Å²) in [5.74, 6) is -5.42. The van der Waals surface area contributed by atoms with Gasteiger partial charge in [-0.15, -0.1) is 11.3 Å². The molecule has 146 valence electrons. The van der Waals surface area contributed by atoms with Crippen LogP contribution in [0.25, 0.3) is 16.3 Å². The van der Waals surface area contributed by atoms with Crippen LogP contribution in [0.3, 0.4) is 0 Å². The van der Waals surface area contributed by atoms with Crippen molar-refractivity contribution in [3.8, 4) is 16.3 Å². The minimum atomic E-state index is -1.70. The minimum absolute atomic E-state index is 0.132. The second kappa shape index (κ2) is 7.47. The molecule has 1 amide bonds. The van der Waals surface area contributed by atoms with E-state index in [1.54, 1.807) is 16.9 Å². The average molecular weight is 415 g/mol. The van der Waals surface area contributed by atoms with Crippen LogP contribution in [-0.4, -0.2) is 25.7 Å². The lowest BCUT2D eigenvalue weighted by molar-refractivity contribution is 0.102. The van der Waals surface area contributed by atoms with E-state index in [2.05, 4.69) is 20.4 Å². The Kier molecular flexibility index (Phi) is 4.85. The van der Waals surface area contributed by atoms with E-state index in [1.165, 1.54) is 23.6 Å². The molecule has 4 aromatic rings. The van der Waals surface area contributed by atoms with E-state index < -0.39 is 28.9 Å². The number of halogens is 3. The van der Waals surface area contributed by atoms with Crippen molar-refractivity contribution in [1.29, 1.82) is 0 Å². The number of nitrogens with zero attached hydrogens (tertiary/aromatic N) is 4. The van der Waals surface area contributed by atoms with Crippen molar-refractivity contribution in [3.63, 3.8) is 0 Å². The van der Waals surface area contributed by atoms with Crippen LogP contribution in [0.1, 0.15) is 16.1 Å². The summed E-state index contributed by atoms with van der Waals surface area (Å²) in [5, 5.41) is 9.36. The summed E-state index contributed by atoms with van der Waals surface area (Å²) < 4.78 is 41.7. The number of amides is 1. The number of anilines is 1. The molecule has 0 fully saturated rings. The zero-order valence-electron chi connectivity index (χ0n) is 14.9. The molecule has 0 unspecified atom stereocenters. The van der Waals surface area contributed by atoms with E-state index in [4.69, 9.17) is 0 Å². The minimum Gasteiger partial charge on any atom is -0.306 e. The number of carbonyl (C=O) groups excluding carboxylic acids is 1. The first kappa shape index (κ1) is 18.8. The lowest BCUT2D eigenvalue weighted by atomic mass is 10.1. The molecule has 1 aromatic carbocycles. The van der Waals surface area contributed by atoms with Crippen LogP contribution in [0.4, 0.5) is 19.0 Å². The SMILES string of the molecule is Cc1nn(-c2nccs2)cc1-c1ccc(NC(=O)c2ccc(F)c(F)c2F)nc1. The van der Waals surface area contributed by atoms with Gasteiger partial charge in [-0.1, -0.05) is 0 Å². The molecule has 3 aromatic heterocycles. The van der Waals surface area contributed by atoms with Gasteiger partial charge in [0.1, 0.15) is 5.82 Å². The zero-order valence-corrected chi connectivity index (χ0v) is 15.7. The summed E-state index contributed by atoms with van der Waals surface area (Å²) in [6.07, 6.45) is 5.03. The van der Waals surface area contributed by atoms with Crippen LogP contribution in [0.15, 0.2) is 48.2 Å². The van der Waals surface area contributed by atoms with Gasteiger partial charge in [-0.25, -0.2) is 27.8 Å². The van der Waals surface area contributed by atoms with Crippen molar-refractivity contribution in [1.82, 2.24) is 19.7 Å². The van der Waals surface area contributed by atoms with Crippen LogP contribution in [0.5, 0.6) is 0 Å². The summed E-state index contributed by atoms with van der Waals surface area (Å²) in [5.41, 5.74) is 1.73. The smallest absolute Gasteiger partial charge is 0.259 e. The molecule has 0 bridgehead atoms. The van der Waals surface area contributed by atoms with E-state index in [1.807, 2.05) is 18.5 Å². The second-order valence-electron chi connectivity index (χ2n) is 6.00.